The van der Waals surface area contributed by atoms with E-state index in [1.807, 2.05) is 18.7 Å². The fourth-order valence-corrected chi connectivity index (χ4v) is 3.48. The maximum atomic E-state index is 13.7. The molecule has 1 saturated heterocycles. The van der Waals surface area contributed by atoms with Crippen LogP contribution < -0.4 is 15.8 Å². The van der Waals surface area contributed by atoms with Crippen LogP contribution in [0.2, 0.25) is 0 Å². The Hall–Kier alpha value is -1.10. The van der Waals surface area contributed by atoms with E-state index in [2.05, 4.69) is 5.32 Å². The van der Waals surface area contributed by atoms with Crippen LogP contribution in [0.25, 0.3) is 0 Å². The number of nitrogen functional groups attached to an aromatic ring is 1. The van der Waals surface area contributed by atoms with Crippen LogP contribution in [0.5, 0.6) is 5.75 Å². The van der Waals surface area contributed by atoms with E-state index >= 15 is 0 Å². The minimum Gasteiger partial charge on any atom is -0.490 e. The molecule has 3 N–H and O–H groups in total. The average molecular weight is 298 g/mol. The zero-order valence-corrected chi connectivity index (χ0v) is 12.8. The smallest absolute Gasteiger partial charge is 0.167 e. The van der Waals surface area contributed by atoms with Crippen LogP contribution in [-0.4, -0.2) is 24.2 Å². The molecular weight excluding hydrogens is 275 g/mol. The molecule has 0 bridgehead atoms. The van der Waals surface area contributed by atoms with Crippen LogP contribution >= 0.6 is 11.8 Å². The van der Waals surface area contributed by atoms with Gasteiger partial charge in [0.2, 0.25) is 0 Å². The molecule has 0 aromatic heterocycles. The van der Waals surface area contributed by atoms with Gasteiger partial charge in [0, 0.05) is 23.9 Å². The van der Waals surface area contributed by atoms with E-state index in [4.69, 9.17) is 10.5 Å². The van der Waals surface area contributed by atoms with Gasteiger partial charge >= 0.3 is 0 Å². The zero-order chi connectivity index (χ0) is 14.4. The van der Waals surface area contributed by atoms with E-state index in [0.717, 1.165) is 18.7 Å². The number of nitrogens with two attached hydrogens (primary N) is 1. The predicted octanol–water partition coefficient (Wildman–Crippen LogP) is 3.89. The van der Waals surface area contributed by atoms with Gasteiger partial charge in [0.25, 0.3) is 0 Å². The summed E-state index contributed by atoms with van der Waals surface area (Å²) in [6, 6.07) is 3.01. The molecule has 2 rings (SSSR count). The monoisotopic (exact) mass is 298 g/mol. The van der Waals surface area contributed by atoms with Gasteiger partial charge in [0.15, 0.2) is 11.6 Å². The highest BCUT2D eigenvalue weighted by atomic mass is 32.2. The first-order chi connectivity index (χ1) is 9.70. The van der Waals surface area contributed by atoms with Crippen LogP contribution in [0.15, 0.2) is 12.1 Å². The van der Waals surface area contributed by atoms with Gasteiger partial charge in [-0.2, -0.15) is 11.8 Å². The number of hydrogen-bond acceptors (Lipinski definition) is 4. The molecule has 1 aromatic rings. The lowest BCUT2D eigenvalue weighted by Crippen LogP contribution is -2.20. The predicted molar refractivity (Wildman–Crippen MR) is 85.2 cm³/mol. The average Bonchev–Trinajstić information content (AvgIpc) is 2.46. The van der Waals surface area contributed by atoms with Gasteiger partial charge in [-0.25, -0.2) is 4.39 Å². The zero-order valence-electron chi connectivity index (χ0n) is 12.0. The van der Waals surface area contributed by atoms with E-state index < -0.39 is 5.82 Å². The van der Waals surface area contributed by atoms with Gasteiger partial charge < -0.3 is 15.8 Å². The van der Waals surface area contributed by atoms with E-state index in [-0.39, 0.29) is 5.75 Å². The molecule has 1 heterocycles. The first kappa shape index (κ1) is 15.3. The van der Waals surface area contributed by atoms with E-state index in [0.29, 0.717) is 17.5 Å². The summed E-state index contributed by atoms with van der Waals surface area (Å²) in [6.45, 7) is 3.38. The summed E-state index contributed by atoms with van der Waals surface area (Å²) in [6.07, 6.45) is 4.70. The summed E-state index contributed by atoms with van der Waals surface area (Å²) < 4.78 is 19.1. The van der Waals surface area contributed by atoms with Crippen molar-refractivity contribution in [3.8, 4) is 5.75 Å². The third-order valence-corrected chi connectivity index (χ3v) is 4.76. The third-order valence-electron chi connectivity index (χ3n) is 3.36. The number of benzene rings is 1. The Bertz CT molecular complexity index is 436. The van der Waals surface area contributed by atoms with Crippen molar-refractivity contribution >= 4 is 23.1 Å². The van der Waals surface area contributed by atoms with Crippen LogP contribution in [0, 0.1) is 5.82 Å². The molecule has 0 aliphatic carbocycles. The summed E-state index contributed by atoms with van der Waals surface area (Å²) in [5, 5.41) is 3.95. The van der Waals surface area contributed by atoms with Crippen molar-refractivity contribution < 1.29 is 9.13 Å². The minimum absolute atomic E-state index is 0.278. The normalized spacial score (nSPS) is 18.8. The maximum Gasteiger partial charge on any atom is 0.167 e. The SMILES string of the molecule is CCCOc1cc(NCC2CCCCS2)c(N)cc1F. The quantitative estimate of drug-likeness (QED) is 0.782. The topological polar surface area (TPSA) is 47.3 Å². The second kappa shape index (κ2) is 7.62. The molecule has 1 atom stereocenters. The second-order valence-corrected chi connectivity index (χ2v) is 6.50. The minimum atomic E-state index is -0.395. The first-order valence-electron chi connectivity index (χ1n) is 7.28. The van der Waals surface area contributed by atoms with Crippen molar-refractivity contribution in [1.29, 1.82) is 0 Å². The number of nitrogens with one attached hydrogen (secondary N) is 1. The molecule has 0 amide bonds. The largest absolute Gasteiger partial charge is 0.490 e. The van der Waals surface area contributed by atoms with Crippen molar-refractivity contribution in [3.05, 3.63) is 17.9 Å². The number of hydrogen-bond donors (Lipinski definition) is 2. The molecule has 1 aromatic carbocycles. The summed E-state index contributed by atoms with van der Waals surface area (Å²) >= 11 is 2.00. The number of anilines is 2. The Balaban J connectivity index is 1.98. The summed E-state index contributed by atoms with van der Waals surface area (Å²) in [5.74, 6) is 1.12. The van der Waals surface area contributed by atoms with Crippen molar-refractivity contribution in [2.24, 2.45) is 0 Å². The lowest BCUT2D eigenvalue weighted by molar-refractivity contribution is 0.301. The van der Waals surface area contributed by atoms with Crippen LogP contribution in [0.1, 0.15) is 32.6 Å². The molecule has 3 nitrogen and oxygen atoms in total. The summed E-state index contributed by atoms with van der Waals surface area (Å²) in [4.78, 5) is 0. The standard InChI is InChI=1S/C15H23FN2OS/c1-2-6-19-15-9-14(13(17)8-12(15)16)18-10-11-5-3-4-7-20-11/h8-9,11,18H,2-7,10,17H2,1H3. The molecule has 1 unspecified atom stereocenters. The lowest BCUT2D eigenvalue weighted by Gasteiger charge is -2.22. The van der Waals surface area contributed by atoms with Gasteiger partial charge in [-0.1, -0.05) is 13.3 Å². The highest BCUT2D eigenvalue weighted by Crippen LogP contribution is 2.30. The Labute approximate surface area is 124 Å². The van der Waals surface area contributed by atoms with Crippen molar-refractivity contribution in [3.63, 3.8) is 0 Å². The molecule has 0 radical (unpaired) electrons. The third kappa shape index (κ3) is 4.20. The molecule has 112 valence electrons. The van der Waals surface area contributed by atoms with Crippen LogP contribution in [-0.2, 0) is 0 Å². The van der Waals surface area contributed by atoms with E-state index in [1.165, 1.54) is 31.1 Å². The summed E-state index contributed by atoms with van der Waals surface area (Å²) in [7, 11) is 0. The fraction of sp³-hybridized carbons (Fsp3) is 0.600. The van der Waals surface area contributed by atoms with Gasteiger partial charge in [-0.05, 0) is 25.0 Å². The number of thioether (sulfide) groups is 1. The highest BCUT2D eigenvalue weighted by Gasteiger charge is 2.15. The molecule has 0 saturated carbocycles. The Kier molecular flexibility index (Phi) is 5.83. The van der Waals surface area contributed by atoms with Gasteiger partial charge in [0.1, 0.15) is 0 Å². The molecule has 5 heteroatoms. The van der Waals surface area contributed by atoms with Crippen molar-refractivity contribution in [2.45, 2.75) is 37.9 Å². The van der Waals surface area contributed by atoms with E-state index in [1.54, 1.807) is 6.07 Å². The molecule has 1 fully saturated rings. The number of halogens is 1. The highest BCUT2D eigenvalue weighted by molar-refractivity contribution is 7.99. The molecular formula is C15H23FN2OS. The first-order valence-corrected chi connectivity index (χ1v) is 8.33. The Morgan fingerprint density at radius 3 is 3.00 bits per heavy atom. The van der Waals surface area contributed by atoms with E-state index in [9.17, 15) is 4.39 Å². The number of ether oxygens (including phenoxy) is 1. The lowest BCUT2D eigenvalue weighted by atomic mass is 10.2. The Morgan fingerprint density at radius 2 is 2.30 bits per heavy atom. The second-order valence-electron chi connectivity index (χ2n) is 5.09. The van der Waals surface area contributed by atoms with Crippen molar-refractivity contribution in [2.75, 3.05) is 30.0 Å². The van der Waals surface area contributed by atoms with Crippen LogP contribution in [0.4, 0.5) is 15.8 Å². The van der Waals surface area contributed by atoms with Gasteiger partial charge in [0.05, 0.1) is 18.0 Å². The van der Waals surface area contributed by atoms with Crippen LogP contribution in [0.3, 0.4) is 0 Å². The van der Waals surface area contributed by atoms with Gasteiger partial charge in [-0.3, -0.25) is 0 Å². The summed E-state index contributed by atoms with van der Waals surface area (Å²) in [5.41, 5.74) is 7.07. The Morgan fingerprint density at radius 1 is 1.45 bits per heavy atom. The molecule has 1 aliphatic heterocycles. The maximum absolute atomic E-state index is 13.7. The molecule has 20 heavy (non-hydrogen) atoms. The molecule has 0 spiro atoms. The fourth-order valence-electron chi connectivity index (χ4n) is 2.24. The molecule has 1 aliphatic rings. The number of rotatable bonds is 6. The van der Waals surface area contributed by atoms with Crippen molar-refractivity contribution in [1.82, 2.24) is 0 Å². The van der Waals surface area contributed by atoms with Gasteiger partial charge in [-0.15, -0.1) is 0 Å².